The van der Waals surface area contributed by atoms with Gasteiger partial charge in [0.15, 0.2) is 0 Å². The fourth-order valence-corrected chi connectivity index (χ4v) is 1.78. The van der Waals surface area contributed by atoms with Crippen LogP contribution >= 0.6 is 0 Å². The minimum Gasteiger partial charge on any atom is -0.338 e. The van der Waals surface area contributed by atoms with Crippen molar-refractivity contribution in [3.05, 3.63) is 60.8 Å². The maximum absolute atomic E-state index is 13.1. The summed E-state index contributed by atoms with van der Waals surface area (Å²) < 4.78 is 13.1. The highest BCUT2D eigenvalue weighted by Crippen LogP contribution is 2.21. The van der Waals surface area contributed by atoms with Crippen LogP contribution in [-0.2, 0) is 0 Å². The molecule has 1 N–H and O–H groups in total. The molecule has 0 saturated heterocycles. The van der Waals surface area contributed by atoms with Crippen molar-refractivity contribution < 1.29 is 4.39 Å². The average Bonchev–Trinajstić information content (AvgIpc) is 2.89. The standard InChI is InChI=1S/C14H10FN3/c15-12-3-1-2-11(8-12)14-17-9-13(18-14)10-4-6-16-7-5-10/h1-9H,(H,17,18). The molecule has 18 heavy (non-hydrogen) atoms. The summed E-state index contributed by atoms with van der Waals surface area (Å²) in [6.07, 6.45) is 5.17. The van der Waals surface area contributed by atoms with Gasteiger partial charge in [-0.3, -0.25) is 4.98 Å². The van der Waals surface area contributed by atoms with Gasteiger partial charge in [-0.2, -0.15) is 0 Å². The molecule has 0 saturated carbocycles. The van der Waals surface area contributed by atoms with Crippen molar-refractivity contribution in [2.75, 3.05) is 0 Å². The Bertz CT molecular complexity index is 662. The first-order chi connectivity index (χ1) is 8.83. The van der Waals surface area contributed by atoms with Crippen molar-refractivity contribution in [2.24, 2.45) is 0 Å². The number of aromatic nitrogens is 3. The van der Waals surface area contributed by atoms with Crippen LogP contribution in [0.25, 0.3) is 22.6 Å². The molecule has 1 aromatic carbocycles. The molecular weight excluding hydrogens is 229 g/mol. The van der Waals surface area contributed by atoms with Gasteiger partial charge in [0.25, 0.3) is 0 Å². The largest absolute Gasteiger partial charge is 0.338 e. The van der Waals surface area contributed by atoms with Gasteiger partial charge in [-0.15, -0.1) is 0 Å². The number of H-pyrrole nitrogens is 1. The Kier molecular flexibility index (Phi) is 2.61. The second-order valence-electron chi connectivity index (χ2n) is 3.89. The van der Waals surface area contributed by atoms with Crippen LogP contribution in [0.3, 0.4) is 0 Å². The van der Waals surface area contributed by atoms with E-state index in [2.05, 4.69) is 15.0 Å². The van der Waals surface area contributed by atoms with Crippen LogP contribution in [0.1, 0.15) is 0 Å². The summed E-state index contributed by atoms with van der Waals surface area (Å²) in [7, 11) is 0. The molecule has 2 aromatic heterocycles. The summed E-state index contributed by atoms with van der Waals surface area (Å²) in [5.74, 6) is 0.385. The fourth-order valence-electron chi connectivity index (χ4n) is 1.78. The smallest absolute Gasteiger partial charge is 0.137 e. The van der Waals surface area contributed by atoms with E-state index in [1.165, 1.54) is 12.1 Å². The third kappa shape index (κ3) is 2.00. The second-order valence-corrected chi connectivity index (χ2v) is 3.89. The van der Waals surface area contributed by atoms with E-state index < -0.39 is 0 Å². The molecule has 88 valence electrons. The topological polar surface area (TPSA) is 41.6 Å². The molecule has 4 heteroatoms. The predicted molar refractivity (Wildman–Crippen MR) is 67.2 cm³/mol. The van der Waals surface area contributed by atoms with E-state index in [9.17, 15) is 4.39 Å². The monoisotopic (exact) mass is 239 g/mol. The van der Waals surface area contributed by atoms with Crippen LogP contribution < -0.4 is 0 Å². The summed E-state index contributed by atoms with van der Waals surface area (Å²) in [5, 5.41) is 0. The summed E-state index contributed by atoms with van der Waals surface area (Å²) in [5.41, 5.74) is 2.62. The van der Waals surface area contributed by atoms with Gasteiger partial charge in [0, 0.05) is 23.5 Å². The van der Waals surface area contributed by atoms with Crippen LogP contribution in [0.2, 0.25) is 0 Å². The van der Waals surface area contributed by atoms with E-state index in [1.807, 2.05) is 18.2 Å². The highest BCUT2D eigenvalue weighted by molar-refractivity contribution is 5.63. The van der Waals surface area contributed by atoms with Crippen molar-refractivity contribution in [3.63, 3.8) is 0 Å². The maximum atomic E-state index is 13.1. The van der Waals surface area contributed by atoms with Gasteiger partial charge in [0.1, 0.15) is 11.6 Å². The number of hydrogen-bond acceptors (Lipinski definition) is 2. The van der Waals surface area contributed by atoms with Gasteiger partial charge in [0.2, 0.25) is 0 Å². The lowest BCUT2D eigenvalue weighted by Crippen LogP contribution is -1.82. The maximum Gasteiger partial charge on any atom is 0.137 e. The van der Waals surface area contributed by atoms with Crippen molar-refractivity contribution in [1.29, 1.82) is 0 Å². The van der Waals surface area contributed by atoms with Crippen LogP contribution in [-0.4, -0.2) is 15.0 Å². The summed E-state index contributed by atoms with van der Waals surface area (Å²) >= 11 is 0. The number of halogens is 1. The Morgan fingerprint density at radius 2 is 1.83 bits per heavy atom. The molecule has 0 aliphatic heterocycles. The van der Waals surface area contributed by atoms with E-state index in [0.29, 0.717) is 5.82 Å². The van der Waals surface area contributed by atoms with Crippen LogP contribution in [0.4, 0.5) is 4.39 Å². The number of aromatic amines is 1. The van der Waals surface area contributed by atoms with Crippen LogP contribution in [0.15, 0.2) is 55.0 Å². The molecule has 0 unspecified atom stereocenters. The van der Waals surface area contributed by atoms with Gasteiger partial charge in [-0.25, -0.2) is 9.37 Å². The Labute approximate surface area is 103 Å². The Hall–Kier alpha value is -2.49. The number of pyridine rings is 1. The molecule has 0 aliphatic carbocycles. The minimum atomic E-state index is -0.269. The average molecular weight is 239 g/mol. The van der Waals surface area contributed by atoms with Crippen molar-refractivity contribution in [1.82, 2.24) is 15.0 Å². The number of hydrogen-bond donors (Lipinski definition) is 1. The molecule has 0 radical (unpaired) electrons. The number of rotatable bonds is 2. The molecule has 0 bridgehead atoms. The third-order valence-electron chi connectivity index (χ3n) is 2.67. The molecule has 3 rings (SSSR count). The quantitative estimate of drug-likeness (QED) is 0.745. The minimum absolute atomic E-state index is 0.269. The molecule has 0 amide bonds. The molecule has 0 spiro atoms. The predicted octanol–water partition coefficient (Wildman–Crippen LogP) is 3.28. The normalized spacial score (nSPS) is 10.5. The zero-order chi connectivity index (χ0) is 12.4. The first-order valence-corrected chi connectivity index (χ1v) is 5.54. The second kappa shape index (κ2) is 4.41. The highest BCUT2D eigenvalue weighted by atomic mass is 19.1. The number of nitrogens with zero attached hydrogens (tertiary/aromatic N) is 2. The lowest BCUT2D eigenvalue weighted by atomic mass is 10.2. The van der Waals surface area contributed by atoms with E-state index in [1.54, 1.807) is 24.7 Å². The molecule has 3 aromatic rings. The van der Waals surface area contributed by atoms with E-state index in [0.717, 1.165) is 16.8 Å². The number of imidazole rings is 1. The Balaban J connectivity index is 2.00. The van der Waals surface area contributed by atoms with Gasteiger partial charge in [-0.05, 0) is 24.3 Å². The van der Waals surface area contributed by atoms with Crippen molar-refractivity contribution in [2.45, 2.75) is 0 Å². The van der Waals surface area contributed by atoms with Gasteiger partial charge >= 0.3 is 0 Å². The first kappa shape index (κ1) is 10.7. The molecule has 3 nitrogen and oxygen atoms in total. The van der Waals surface area contributed by atoms with Crippen LogP contribution in [0, 0.1) is 5.82 Å². The summed E-state index contributed by atoms with van der Waals surface area (Å²) in [6.45, 7) is 0. The number of nitrogens with one attached hydrogen (secondary N) is 1. The van der Waals surface area contributed by atoms with E-state index in [-0.39, 0.29) is 5.82 Å². The summed E-state index contributed by atoms with van der Waals surface area (Å²) in [6, 6.07) is 10.1. The number of benzene rings is 1. The zero-order valence-corrected chi connectivity index (χ0v) is 9.47. The molecule has 2 heterocycles. The molecule has 0 atom stereocenters. The molecule has 0 fully saturated rings. The van der Waals surface area contributed by atoms with Crippen molar-refractivity contribution >= 4 is 0 Å². The van der Waals surface area contributed by atoms with Gasteiger partial charge in [0.05, 0.1) is 11.9 Å². The third-order valence-corrected chi connectivity index (χ3v) is 2.67. The molecular formula is C14H10FN3. The van der Waals surface area contributed by atoms with Crippen LogP contribution in [0.5, 0.6) is 0 Å². The Morgan fingerprint density at radius 1 is 1.00 bits per heavy atom. The highest BCUT2D eigenvalue weighted by Gasteiger charge is 2.05. The lowest BCUT2D eigenvalue weighted by Gasteiger charge is -1.97. The van der Waals surface area contributed by atoms with Crippen molar-refractivity contribution in [3.8, 4) is 22.6 Å². The van der Waals surface area contributed by atoms with Gasteiger partial charge in [-0.1, -0.05) is 12.1 Å². The van der Waals surface area contributed by atoms with E-state index >= 15 is 0 Å². The Morgan fingerprint density at radius 3 is 2.61 bits per heavy atom. The molecule has 0 aliphatic rings. The SMILES string of the molecule is Fc1cccc(-c2ncc(-c3ccncc3)[nH]2)c1. The summed E-state index contributed by atoms with van der Waals surface area (Å²) in [4.78, 5) is 11.4. The van der Waals surface area contributed by atoms with E-state index in [4.69, 9.17) is 0 Å². The fraction of sp³-hybridized carbons (Fsp3) is 0. The zero-order valence-electron chi connectivity index (χ0n) is 9.47. The van der Waals surface area contributed by atoms with Gasteiger partial charge < -0.3 is 4.98 Å². The lowest BCUT2D eigenvalue weighted by molar-refractivity contribution is 0.628. The first-order valence-electron chi connectivity index (χ1n) is 5.54.